The van der Waals surface area contributed by atoms with Crippen LogP contribution in [-0.2, 0) is 6.61 Å². The zero-order valence-electron chi connectivity index (χ0n) is 9.99. The van der Waals surface area contributed by atoms with Gasteiger partial charge >= 0.3 is 0 Å². The first-order valence-corrected chi connectivity index (χ1v) is 6.25. The van der Waals surface area contributed by atoms with Crippen molar-refractivity contribution < 1.29 is 9.13 Å². The molecule has 0 saturated carbocycles. The molecule has 0 aliphatic heterocycles. The van der Waals surface area contributed by atoms with Gasteiger partial charge < -0.3 is 9.72 Å². The molecule has 0 saturated heterocycles. The summed E-state index contributed by atoms with van der Waals surface area (Å²) in [5, 5.41) is 1.46. The van der Waals surface area contributed by atoms with Crippen LogP contribution in [0.2, 0.25) is 5.02 Å². The molecule has 3 rings (SSSR count). The number of aromatic amines is 1. The Morgan fingerprint density at radius 1 is 1.16 bits per heavy atom. The minimum atomic E-state index is -0.258. The third kappa shape index (κ3) is 2.42. The highest BCUT2D eigenvalue weighted by molar-refractivity contribution is 6.30. The maximum absolute atomic E-state index is 13.5. The van der Waals surface area contributed by atoms with Crippen LogP contribution < -0.4 is 4.74 Å². The highest BCUT2D eigenvalue weighted by Gasteiger charge is 2.07. The Bertz CT molecular complexity index is 723. The van der Waals surface area contributed by atoms with Crippen molar-refractivity contribution in [3.05, 3.63) is 65.1 Å². The second kappa shape index (κ2) is 4.94. The van der Waals surface area contributed by atoms with E-state index >= 15 is 0 Å². The highest BCUT2D eigenvalue weighted by Crippen LogP contribution is 2.23. The lowest BCUT2D eigenvalue weighted by atomic mass is 10.2. The van der Waals surface area contributed by atoms with Crippen molar-refractivity contribution in [1.82, 2.24) is 4.98 Å². The van der Waals surface area contributed by atoms with Gasteiger partial charge in [0.05, 0.1) is 5.52 Å². The fourth-order valence-corrected chi connectivity index (χ4v) is 2.19. The molecule has 0 radical (unpaired) electrons. The predicted molar refractivity (Wildman–Crippen MR) is 74.0 cm³/mol. The van der Waals surface area contributed by atoms with Crippen molar-refractivity contribution in [2.24, 2.45) is 0 Å². The SMILES string of the molecule is Fc1cccc2c(COc3cccc(Cl)c3)c[nH]c12. The number of nitrogens with one attached hydrogen (secondary N) is 1. The van der Waals surface area contributed by atoms with Gasteiger partial charge in [0, 0.05) is 22.2 Å². The number of rotatable bonds is 3. The van der Waals surface area contributed by atoms with Crippen LogP contribution in [-0.4, -0.2) is 4.98 Å². The predicted octanol–water partition coefficient (Wildman–Crippen LogP) is 4.54. The summed E-state index contributed by atoms with van der Waals surface area (Å²) in [5.74, 6) is 0.435. The van der Waals surface area contributed by atoms with Gasteiger partial charge in [0.2, 0.25) is 0 Å². The number of ether oxygens (including phenoxy) is 1. The van der Waals surface area contributed by atoms with Crippen LogP contribution in [0.15, 0.2) is 48.7 Å². The van der Waals surface area contributed by atoms with Crippen LogP contribution in [0.1, 0.15) is 5.56 Å². The van der Waals surface area contributed by atoms with Crippen LogP contribution >= 0.6 is 11.6 Å². The topological polar surface area (TPSA) is 25.0 Å². The standard InChI is InChI=1S/C15H11ClFNO/c16-11-3-1-4-12(7-11)19-9-10-8-18-15-13(10)5-2-6-14(15)17/h1-8,18H,9H2. The van der Waals surface area contributed by atoms with Gasteiger partial charge in [-0.25, -0.2) is 4.39 Å². The van der Waals surface area contributed by atoms with Crippen LogP contribution in [0.25, 0.3) is 10.9 Å². The van der Waals surface area contributed by atoms with Gasteiger partial charge in [0.25, 0.3) is 0 Å². The summed E-state index contributed by atoms with van der Waals surface area (Å²) in [6.45, 7) is 0.365. The lowest BCUT2D eigenvalue weighted by Crippen LogP contribution is -1.94. The van der Waals surface area contributed by atoms with E-state index in [0.717, 1.165) is 10.9 Å². The molecule has 4 heteroatoms. The number of H-pyrrole nitrogens is 1. The number of fused-ring (bicyclic) bond motifs is 1. The van der Waals surface area contributed by atoms with Gasteiger partial charge in [-0.3, -0.25) is 0 Å². The Labute approximate surface area is 114 Å². The summed E-state index contributed by atoms with van der Waals surface area (Å²) in [6.07, 6.45) is 1.76. The molecule has 2 aromatic carbocycles. The number of para-hydroxylation sites is 1. The molecule has 0 bridgehead atoms. The van der Waals surface area contributed by atoms with E-state index in [4.69, 9.17) is 16.3 Å². The average Bonchev–Trinajstić information content (AvgIpc) is 2.81. The van der Waals surface area contributed by atoms with Gasteiger partial charge in [-0.1, -0.05) is 29.8 Å². The molecule has 0 unspecified atom stereocenters. The van der Waals surface area contributed by atoms with E-state index in [9.17, 15) is 4.39 Å². The van der Waals surface area contributed by atoms with Crippen molar-refractivity contribution in [1.29, 1.82) is 0 Å². The second-order valence-electron chi connectivity index (χ2n) is 4.22. The van der Waals surface area contributed by atoms with Crippen molar-refractivity contribution in [2.75, 3.05) is 0 Å². The van der Waals surface area contributed by atoms with E-state index < -0.39 is 0 Å². The van der Waals surface area contributed by atoms with E-state index in [1.165, 1.54) is 6.07 Å². The second-order valence-corrected chi connectivity index (χ2v) is 4.66. The maximum atomic E-state index is 13.5. The van der Waals surface area contributed by atoms with Gasteiger partial charge in [-0.05, 0) is 24.3 Å². The van der Waals surface area contributed by atoms with E-state index in [2.05, 4.69) is 4.98 Å². The molecule has 19 heavy (non-hydrogen) atoms. The lowest BCUT2D eigenvalue weighted by Gasteiger charge is -2.05. The Balaban J connectivity index is 1.84. The molecule has 0 fully saturated rings. The fourth-order valence-electron chi connectivity index (χ4n) is 2.01. The third-order valence-electron chi connectivity index (χ3n) is 2.94. The molecular weight excluding hydrogens is 265 g/mol. The first kappa shape index (κ1) is 12.1. The van der Waals surface area contributed by atoms with Gasteiger partial charge in [0.15, 0.2) is 0 Å². The summed E-state index contributed by atoms with van der Waals surface area (Å²) in [4.78, 5) is 2.92. The number of halogens is 2. The summed E-state index contributed by atoms with van der Waals surface area (Å²) in [7, 11) is 0. The maximum Gasteiger partial charge on any atom is 0.147 e. The van der Waals surface area contributed by atoms with E-state index in [1.807, 2.05) is 18.2 Å². The third-order valence-corrected chi connectivity index (χ3v) is 3.18. The number of aromatic nitrogens is 1. The normalized spacial score (nSPS) is 10.8. The van der Waals surface area contributed by atoms with E-state index in [0.29, 0.717) is 22.9 Å². The van der Waals surface area contributed by atoms with Crippen molar-refractivity contribution in [3.8, 4) is 5.75 Å². The molecule has 0 atom stereocenters. The highest BCUT2D eigenvalue weighted by atomic mass is 35.5. The van der Waals surface area contributed by atoms with Crippen LogP contribution in [0, 0.1) is 5.82 Å². The van der Waals surface area contributed by atoms with Crippen LogP contribution in [0.3, 0.4) is 0 Å². The summed E-state index contributed by atoms with van der Waals surface area (Å²) in [5.41, 5.74) is 1.42. The molecule has 1 N–H and O–H groups in total. The van der Waals surface area contributed by atoms with Crippen LogP contribution in [0.4, 0.5) is 4.39 Å². The largest absolute Gasteiger partial charge is 0.489 e. The lowest BCUT2D eigenvalue weighted by molar-refractivity contribution is 0.307. The Morgan fingerprint density at radius 2 is 2.00 bits per heavy atom. The molecule has 0 aliphatic rings. The van der Waals surface area contributed by atoms with Gasteiger partial charge in [-0.15, -0.1) is 0 Å². The van der Waals surface area contributed by atoms with E-state index in [1.54, 1.807) is 24.4 Å². The molecule has 1 aromatic heterocycles. The van der Waals surface area contributed by atoms with Gasteiger partial charge in [0.1, 0.15) is 18.2 Å². The van der Waals surface area contributed by atoms with Crippen molar-refractivity contribution >= 4 is 22.5 Å². The zero-order valence-corrected chi connectivity index (χ0v) is 10.7. The molecule has 0 spiro atoms. The summed E-state index contributed by atoms with van der Waals surface area (Å²) >= 11 is 5.89. The zero-order chi connectivity index (χ0) is 13.2. The fraction of sp³-hybridized carbons (Fsp3) is 0.0667. The molecule has 3 aromatic rings. The summed E-state index contributed by atoms with van der Waals surface area (Å²) in [6, 6.07) is 12.2. The van der Waals surface area contributed by atoms with E-state index in [-0.39, 0.29) is 5.82 Å². The molecule has 0 amide bonds. The average molecular weight is 276 g/mol. The molecule has 1 heterocycles. The Morgan fingerprint density at radius 3 is 2.84 bits per heavy atom. The van der Waals surface area contributed by atoms with Crippen molar-refractivity contribution in [2.45, 2.75) is 6.61 Å². The summed E-state index contributed by atoms with van der Waals surface area (Å²) < 4.78 is 19.2. The molecule has 2 nitrogen and oxygen atoms in total. The minimum Gasteiger partial charge on any atom is -0.489 e. The monoisotopic (exact) mass is 275 g/mol. The first-order chi connectivity index (χ1) is 9.24. The number of benzene rings is 2. The molecule has 96 valence electrons. The van der Waals surface area contributed by atoms with Crippen molar-refractivity contribution in [3.63, 3.8) is 0 Å². The quantitative estimate of drug-likeness (QED) is 0.746. The molecular formula is C15H11ClFNO. The molecule has 0 aliphatic carbocycles. The Kier molecular flexibility index (Phi) is 3.13. The van der Waals surface area contributed by atoms with Gasteiger partial charge in [-0.2, -0.15) is 0 Å². The smallest absolute Gasteiger partial charge is 0.147 e. The number of hydrogen-bond donors (Lipinski definition) is 1. The Hall–Kier alpha value is -2.00. The minimum absolute atomic E-state index is 0.258. The first-order valence-electron chi connectivity index (χ1n) is 5.87. The number of hydrogen-bond acceptors (Lipinski definition) is 1. The van der Waals surface area contributed by atoms with Crippen LogP contribution in [0.5, 0.6) is 5.75 Å².